The van der Waals surface area contributed by atoms with Crippen LogP contribution in [0, 0.1) is 17.2 Å². The summed E-state index contributed by atoms with van der Waals surface area (Å²) in [7, 11) is 0. The van der Waals surface area contributed by atoms with Crippen molar-refractivity contribution in [2.75, 3.05) is 0 Å². The number of hydrogen-bond acceptors (Lipinski definition) is 2. The van der Waals surface area contributed by atoms with Gasteiger partial charge in [0.1, 0.15) is 5.75 Å². The molecule has 92 valence electrons. The fourth-order valence-electron chi connectivity index (χ4n) is 1.71. The summed E-state index contributed by atoms with van der Waals surface area (Å²) in [6.45, 7) is 6.58. The van der Waals surface area contributed by atoms with Gasteiger partial charge >= 0.3 is 0 Å². The van der Waals surface area contributed by atoms with E-state index in [4.69, 9.17) is 10.00 Å². The van der Waals surface area contributed by atoms with Gasteiger partial charge in [-0.15, -0.1) is 0 Å². The maximum absolute atomic E-state index is 8.69. The predicted octanol–water partition coefficient (Wildman–Crippen LogP) is 4.15. The molecule has 0 aliphatic heterocycles. The zero-order valence-corrected chi connectivity index (χ0v) is 10.9. The van der Waals surface area contributed by atoms with Gasteiger partial charge in [-0.3, -0.25) is 0 Å². The van der Waals surface area contributed by atoms with Crippen LogP contribution in [0.15, 0.2) is 24.3 Å². The molecule has 0 radical (unpaired) electrons. The van der Waals surface area contributed by atoms with E-state index >= 15 is 0 Å². The molecule has 0 N–H and O–H groups in total. The van der Waals surface area contributed by atoms with Crippen molar-refractivity contribution in [3.8, 4) is 11.8 Å². The van der Waals surface area contributed by atoms with Crippen molar-refractivity contribution in [1.82, 2.24) is 0 Å². The Morgan fingerprint density at radius 3 is 2.29 bits per heavy atom. The molecule has 2 nitrogen and oxygen atoms in total. The number of hydrogen-bond donors (Lipinski definition) is 0. The van der Waals surface area contributed by atoms with E-state index in [1.807, 2.05) is 12.1 Å². The molecular formula is C15H21NO. The molecule has 0 fully saturated rings. The van der Waals surface area contributed by atoms with Crippen LogP contribution in [0.25, 0.3) is 0 Å². The second-order valence-electron chi connectivity index (χ2n) is 4.89. The highest BCUT2D eigenvalue weighted by Crippen LogP contribution is 2.16. The van der Waals surface area contributed by atoms with Crippen molar-refractivity contribution < 1.29 is 4.74 Å². The van der Waals surface area contributed by atoms with Crippen molar-refractivity contribution in [3.63, 3.8) is 0 Å². The largest absolute Gasteiger partial charge is 0.491 e. The highest BCUT2D eigenvalue weighted by molar-refractivity contribution is 5.34. The summed E-state index contributed by atoms with van der Waals surface area (Å²) in [6, 6.07) is 9.39. The van der Waals surface area contributed by atoms with Crippen molar-refractivity contribution >= 4 is 0 Å². The summed E-state index contributed by atoms with van der Waals surface area (Å²) in [5, 5.41) is 8.69. The Morgan fingerprint density at radius 2 is 1.76 bits per heavy atom. The summed E-state index contributed by atoms with van der Waals surface area (Å²) < 4.78 is 5.79. The standard InChI is InChI=1S/C15H21NO/c1-12(2)5-4-6-13(3)17-15-9-7-14(11-16)8-10-15/h7-10,12-13H,4-6H2,1-3H3. The Morgan fingerprint density at radius 1 is 1.12 bits per heavy atom. The number of benzene rings is 1. The van der Waals surface area contributed by atoms with Crippen LogP contribution in [0.2, 0.25) is 0 Å². The number of ether oxygens (including phenoxy) is 1. The van der Waals surface area contributed by atoms with E-state index in [2.05, 4.69) is 26.8 Å². The van der Waals surface area contributed by atoms with E-state index in [1.54, 1.807) is 12.1 Å². The molecular weight excluding hydrogens is 210 g/mol. The Kier molecular flexibility index (Phi) is 5.56. The highest BCUT2D eigenvalue weighted by atomic mass is 16.5. The summed E-state index contributed by atoms with van der Waals surface area (Å²) in [6.07, 6.45) is 3.77. The van der Waals surface area contributed by atoms with Gasteiger partial charge < -0.3 is 4.74 Å². The van der Waals surface area contributed by atoms with E-state index in [0.717, 1.165) is 18.1 Å². The van der Waals surface area contributed by atoms with Crippen LogP contribution in [0.5, 0.6) is 5.75 Å². The summed E-state index contributed by atoms with van der Waals surface area (Å²) in [5.41, 5.74) is 0.671. The first-order valence-corrected chi connectivity index (χ1v) is 6.28. The van der Waals surface area contributed by atoms with Crippen LogP contribution in [-0.2, 0) is 0 Å². The predicted molar refractivity (Wildman–Crippen MR) is 69.9 cm³/mol. The third-order valence-electron chi connectivity index (χ3n) is 2.71. The average molecular weight is 231 g/mol. The minimum atomic E-state index is 0.238. The molecule has 1 atom stereocenters. The van der Waals surface area contributed by atoms with Gasteiger partial charge in [0.15, 0.2) is 0 Å². The molecule has 1 rings (SSSR count). The molecule has 0 amide bonds. The average Bonchev–Trinajstić information content (AvgIpc) is 2.29. The molecule has 17 heavy (non-hydrogen) atoms. The van der Waals surface area contributed by atoms with E-state index < -0.39 is 0 Å². The molecule has 0 aromatic heterocycles. The molecule has 0 aliphatic rings. The van der Waals surface area contributed by atoms with E-state index in [9.17, 15) is 0 Å². The van der Waals surface area contributed by atoms with Crippen LogP contribution < -0.4 is 4.74 Å². The van der Waals surface area contributed by atoms with E-state index in [-0.39, 0.29) is 6.10 Å². The van der Waals surface area contributed by atoms with Crippen molar-refractivity contribution in [2.45, 2.75) is 46.1 Å². The quantitative estimate of drug-likeness (QED) is 0.736. The zero-order valence-electron chi connectivity index (χ0n) is 10.9. The van der Waals surface area contributed by atoms with Crippen molar-refractivity contribution in [1.29, 1.82) is 5.26 Å². The van der Waals surface area contributed by atoms with Gasteiger partial charge in [-0.2, -0.15) is 5.26 Å². The maximum Gasteiger partial charge on any atom is 0.119 e. The fourth-order valence-corrected chi connectivity index (χ4v) is 1.71. The van der Waals surface area contributed by atoms with Crippen molar-refractivity contribution in [2.24, 2.45) is 5.92 Å². The second-order valence-corrected chi connectivity index (χ2v) is 4.89. The van der Waals surface area contributed by atoms with Gasteiger partial charge in [0.05, 0.1) is 17.7 Å². The third kappa shape index (κ3) is 5.40. The molecule has 0 aliphatic carbocycles. The lowest BCUT2D eigenvalue weighted by Gasteiger charge is -2.15. The van der Waals surface area contributed by atoms with Gasteiger partial charge in [-0.25, -0.2) is 0 Å². The second kappa shape index (κ2) is 6.96. The summed E-state index contributed by atoms with van der Waals surface area (Å²) >= 11 is 0. The molecule has 0 heterocycles. The molecule has 0 spiro atoms. The number of nitrogens with zero attached hydrogens (tertiary/aromatic N) is 1. The third-order valence-corrected chi connectivity index (χ3v) is 2.71. The van der Waals surface area contributed by atoms with Gasteiger partial charge in [0.25, 0.3) is 0 Å². The first-order valence-electron chi connectivity index (χ1n) is 6.28. The Bertz CT molecular complexity index is 362. The SMILES string of the molecule is CC(C)CCCC(C)Oc1ccc(C#N)cc1. The van der Waals surface area contributed by atoms with Crippen LogP contribution in [0.1, 0.15) is 45.6 Å². The number of nitriles is 1. The maximum atomic E-state index is 8.69. The van der Waals surface area contributed by atoms with Crippen LogP contribution >= 0.6 is 0 Å². The normalized spacial score (nSPS) is 12.2. The highest BCUT2D eigenvalue weighted by Gasteiger charge is 2.04. The zero-order chi connectivity index (χ0) is 12.7. The van der Waals surface area contributed by atoms with Crippen molar-refractivity contribution in [3.05, 3.63) is 29.8 Å². The lowest BCUT2D eigenvalue weighted by molar-refractivity contribution is 0.204. The van der Waals surface area contributed by atoms with Gasteiger partial charge in [0.2, 0.25) is 0 Å². The minimum absolute atomic E-state index is 0.238. The molecule has 1 aromatic carbocycles. The lowest BCUT2D eigenvalue weighted by Crippen LogP contribution is -2.11. The Labute approximate surface area is 104 Å². The van der Waals surface area contributed by atoms with Gasteiger partial charge in [0, 0.05) is 0 Å². The van der Waals surface area contributed by atoms with Gasteiger partial charge in [-0.05, 0) is 49.9 Å². The summed E-state index contributed by atoms with van der Waals surface area (Å²) in [5.74, 6) is 1.61. The summed E-state index contributed by atoms with van der Waals surface area (Å²) in [4.78, 5) is 0. The molecule has 0 saturated heterocycles. The molecule has 1 unspecified atom stereocenters. The molecule has 0 saturated carbocycles. The smallest absolute Gasteiger partial charge is 0.119 e. The van der Waals surface area contributed by atoms with E-state index in [0.29, 0.717) is 5.56 Å². The molecule has 1 aromatic rings. The van der Waals surface area contributed by atoms with Gasteiger partial charge in [-0.1, -0.05) is 20.3 Å². The molecule has 2 heteroatoms. The minimum Gasteiger partial charge on any atom is -0.491 e. The van der Waals surface area contributed by atoms with Crippen LogP contribution in [-0.4, -0.2) is 6.10 Å². The van der Waals surface area contributed by atoms with Crippen LogP contribution in [0.4, 0.5) is 0 Å². The van der Waals surface area contributed by atoms with Crippen LogP contribution in [0.3, 0.4) is 0 Å². The Balaban J connectivity index is 2.34. The lowest BCUT2D eigenvalue weighted by atomic mass is 10.0. The fraction of sp³-hybridized carbons (Fsp3) is 0.533. The Hall–Kier alpha value is -1.49. The number of rotatable bonds is 6. The first kappa shape index (κ1) is 13.6. The molecule has 0 bridgehead atoms. The topological polar surface area (TPSA) is 33.0 Å². The monoisotopic (exact) mass is 231 g/mol. The first-order chi connectivity index (χ1) is 8.11. The van der Waals surface area contributed by atoms with E-state index in [1.165, 1.54) is 12.8 Å².